The Morgan fingerprint density at radius 3 is 1.29 bits per heavy atom. The maximum absolute atomic E-state index is 5.87. The number of hydrogen-bond acceptors (Lipinski definition) is 4. The highest BCUT2D eigenvalue weighted by Crippen LogP contribution is 2.21. The summed E-state index contributed by atoms with van der Waals surface area (Å²) < 4.78 is 11.7. The summed E-state index contributed by atoms with van der Waals surface area (Å²) in [6, 6.07) is 24.7. The molecule has 2 aromatic carbocycles. The average molecular weight is 561 g/mol. The van der Waals surface area contributed by atoms with E-state index in [-0.39, 0.29) is 0 Å². The second-order valence-corrected chi connectivity index (χ2v) is 10.6. The van der Waals surface area contributed by atoms with Crippen molar-refractivity contribution in [2.45, 2.75) is 65.2 Å². The third kappa shape index (κ3) is 10.7. The van der Waals surface area contributed by atoms with Crippen LogP contribution in [0.4, 0.5) is 0 Å². The predicted molar refractivity (Wildman–Crippen MR) is 177 cm³/mol. The van der Waals surface area contributed by atoms with Crippen LogP contribution in [0.2, 0.25) is 0 Å². The van der Waals surface area contributed by atoms with Crippen LogP contribution in [0.25, 0.3) is 35.7 Å². The van der Waals surface area contributed by atoms with E-state index in [9.17, 15) is 0 Å². The first-order valence-electron chi connectivity index (χ1n) is 15.5. The number of unbranched alkanes of at least 4 members (excludes halogenated alkanes) is 6. The third-order valence-electron chi connectivity index (χ3n) is 7.06. The Morgan fingerprint density at radius 1 is 0.476 bits per heavy atom. The molecule has 42 heavy (non-hydrogen) atoms. The molecule has 0 atom stereocenters. The fraction of sp³-hybridized carbons (Fsp3) is 0.316. The summed E-state index contributed by atoms with van der Waals surface area (Å²) in [6.07, 6.45) is 21.8. The summed E-state index contributed by atoms with van der Waals surface area (Å²) in [6.45, 7) is 6.01. The molecule has 0 spiro atoms. The van der Waals surface area contributed by atoms with E-state index in [0.717, 1.165) is 71.2 Å². The van der Waals surface area contributed by atoms with E-state index in [1.54, 1.807) is 0 Å². The van der Waals surface area contributed by atoms with Gasteiger partial charge in [-0.3, -0.25) is 9.97 Å². The zero-order valence-corrected chi connectivity index (χ0v) is 25.2. The molecule has 4 aromatic rings. The van der Waals surface area contributed by atoms with Crippen LogP contribution in [0, 0.1) is 0 Å². The van der Waals surface area contributed by atoms with Gasteiger partial charge >= 0.3 is 0 Å². The van der Waals surface area contributed by atoms with Gasteiger partial charge in [-0.25, -0.2) is 0 Å². The molecular weight excluding hydrogens is 516 g/mol. The van der Waals surface area contributed by atoms with Gasteiger partial charge in [0.25, 0.3) is 0 Å². The lowest BCUT2D eigenvalue weighted by atomic mass is 10.1. The molecule has 2 heterocycles. The molecule has 0 fully saturated rings. The Bertz CT molecular complexity index is 1280. The van der Waals surface area contributed by atoms with Crippen LogP contribution < -0.4 is 9.47 Å². The van der Waals surface area contributed by atoms with Crippen molar-refractivity contribution in [1.29, 1.82) is 0 Å². The van der Waals surface area contributed by atoms with Gasteiger partial charge in [-0.1, -0.05) is 101 Å². The number of nitrogens with zero attached hydrogens (tertiary/aromatic N) is 2. The molecule has 0 amide bonds. The molecule has 0 unspecified atom stereocenters. The number of benzene rings is 2. The van der Waals surface area contributed by atoms with Crippen LogP contribution in [0.5, 0.6) is 11.5 Å². The van der Waals surface area contributed by atoms with E-state index in [2.05, 4.69) is 84.5 Å². The molecule has 0 radical (unpaired) electrons. The van der Waals surface area contributed by atoms with Gasteiger partial charge in [-0.05, 0) is 83.6 Å². The summed E-state index contributed by atoms with van der Waals surface area (Å²) in [5, 5.41) is 0. The lowest BCUT2D eigenvalue weighted by Gasteiger charge is -2.06. The van der Waals surface area contributed by atoms with Gasteiger partial charge in [0.2, 0.25) is 0 Å². The minimum atomic E-state index is 0.780. The van der Waals surface area contributed by atoms with E-state index < -0.39 is 0 Å². The monoisotopic (exact) mass is 560 g/mol. The smallest absolute Gasteiger partial charge is 0.119 e. The SMILES string of the molecule is CCCCCCOc1ccc(/C=C\c2ccnc(-c3cc(/C=C/c4ccc(OCCCCCC)cc4)ccn3)c2)cc1. The van der Waals surface area contributed by atoms with Crippen molar-refractivity contribution >= 4 is 24.3 Å². The molecule has 2 aromatic heterocycles. The first-order chi connectivity index (χ1) is 20.7. The molecule has 0 aliphatic heterocycles. The zero-order valence-electron chi connectivity index (χ0n) is 25.2. The van der Waals surface area contributed by atoms with Gasteiger partial charge in [0.1, 0.15) is 11.5 Å². The number of hydrogen-bond donors (Lipinski definition) is 0. The number of pyridine rings is 2. The Hall–Kier alpha value is -4.18. The van der Waals surface area contributed by atoms with Crippen LogP contribution in [0.1, 0.15) is 87.5 Å². The van der Waals surface area contributed by atoms with Crippen LogP contribution in [-0.2, 0) is 0 Å². The second kappa shape index (κ2) is 17.6. The standard InChI is InChI=1S/C38H44N2O2/c1-3-5-7-9-27-41-35-19-15-31(16-20-35)11-13-33-23-25-39-37(29-33)38-30-34(24-26-40-38)14-12-32-17-21-36(22-18-32)42-28-10-8-6-4-2/h11-26,29-30H,3-10,27-28H2,1-2H3/b13-11-,14-12+. The Labute approximate surface area is 252 Å². The molecule has 0 aliphatic carbocycles. The second-order valence-electron chi connectivity index (χ2n) is 10.6. The molecule has 4 rings (SSSR count). The fourth-order valence-electron chi connectivity index (χ4n) is 4.55. The largest absolute Gasteiger partial charge is 0.494 e. The fourth-order valence-corrected chi connectivity index (χ4v) is 4.55. The van der Waals surface area contributed by atoms with Crippen molar-refractivity contribution in [2.24, 2.45) is 0 Å². The van der Waals surface area contributed by atoms with Crippen molar-refractivity contribution in [1.82, 2.24) is 9.97 Å². The van der Waals surface area contributed by atoms with Crippen molar-refractivity contribution < 1.29 is 9.47 Å². The van der Waals surface area contributed by atoms with E-state index in [0.29, 0.717) is 0 Å². The molecule has 0 N–H and O–H groups in total. The highest BCUT2D eigenvalue weighted by Gasteiger charge is 2.03. The number of ether oxygens (including phenoxy) is 2. The first-order valence-corrected chi connectivity index (χ1v) is 15.5. The van der Waals surface area contributed by atoms with Crippen molar-refractivity contribution in [3.63, 3.8) is 0 Å². The molecular formula is C38H44N2O2. The molecule has 218 valence electrons. The first kappa shape index (κ1) is 30.8. The van der Waals surface area contributed by atoms with Crippen molar-refractivity contribution in [2.75, 3.05) is 13.2 Å². The van der Waals surface area contributed by atoms with Gasteiger partial charge in [-0.2, -0.15) is 0 Å². The summed E-state index contributed by atoms with van der Waals surface area (Å²) in [7, 11) is 0. The Kier molecular flexibility index (Phi) is 12.9. The minimum absolute atomic E-state index is 0.780. The summed E-state index contributed by atoms with van der Waals surface area (Å²) >= 11 is 0. The highest BCUT2D eigenvalue weighted by molar-refractivity contribution is 5.74. The molecule has 4 heteroatoms. The summed E-state index contributed by atoms with van der Waals surface area (Å²) in [5.41, 5.74) is 6.10. The van der Waals surface area contributed by atoms with E-state index in [1.807, 2.05) is 48.8 Å². The van der Waals surface area contributed by atoms with Gasteiger partial charge in [0, 0.05) is 12.4 Å². The third-order valence-corrected chi connectivity index (χ3v) is 7.06. The van der Waals surface area contributed by atoms with Gasteiger partial charge < -0.3 is 9.47 Å². The Morgan fingerprint density at radius 2 is 0.881 bits per heavy atom. The maximum Gasteiger partial charge on any atom is 0.119 e. The van der Waals surface area contributed by atoms with Crippen LogP contribution >= 0.6 is 0 Å². The van der Waals surface area contributed by atoms with Crippen LogP contribution in [0.3, 0.4) is 0 Å². The normalized spacial score (nSPS) is 11.4. The van der Waals surface area contributed by atoms with E-state index in [4.69, 9.17) is 9.47 Å². The lowest BCUT2D eigenvalue weighted by molar-refractivity contribution is 0.305. The van der Waals surface area contributed by atoms with Gasteiger partial charge in [-0.15, -0.1) is 0 Å². The molecule has 0 saturated carbocycles. The Balaban J connectivity index is 1.32. The van der Waals surface area contributed by atoms with Crippen LogP contribution in [0.15, 0.2) is 85.2 Å². The van der Waals surface area contributed by atoms with E-state index in [1.165, 1.54) is 38.5 Å². The van der Waals surface area contributed by atoms with Gasteiger partial charge in [0.05, 0.1) is 24.6 Å². The summed E-state index contributed by atoms with van der Waals surface area (Å²) in [5.74, 6) is 1.85. The predicted octanol–water partition coefficient (Wildman–Crippen LogP) is 10.4. The molecule has 4 nitrogen and oxygen atoms in total. The quantitative estimate of drug-likeness (QED) is 0.121. The van der Waals surface area contributed by atoms with Crippen molar-refractivity contribution in [3.05, 3.63) is 107 Å². The van der Waals surface area contributed by atoms with Crippen molar-refractivity contribution in [3.8, 4) is 22.9 Å². The topological polar surface area (TPSA) is 44.2 Å². The lowest BCUT2D eigenvalue weighted by Crippen LogP contribution is -1.96. The zero-order chi connectivity index (χ0) is 29.2. The summed E-state index contributed by atoms with van der Waals surface area (Å²) in [4.78, 5) is 9.16. The van der Waals surface area contributed by atoms with E-state index >= 15 is 0 Å². The average Bonchev–Trinajstić information content (AvgIpc) is 3.04. The molecule has 0 saturated heterocycles. The number of rotatable bonds is 17. The minimum Gasteiger partial charge on any atom is -0.494 e. The highest BCUT2D eigenvalue weighted by atomic mass is 16.5. The maximum atomic E-state index is 5.87. The van der Waals surface area contributed by atoms with Gasteiger partial charge in [0.15, 0.2) is 0 Å². The van der Waals surface area contributed by atoms with Crippen LogP contribution in [-0.4, -0.2) is 23.2 Å². The molecule has 0 aliphatic rings. The number of aromatic nitrogens is 2. The molecule has 0 bridgehead atoms.